The molecule has 1 aliphatic rings. The summed E-state index contributed by atoms with van der Waals surface area (Å²) in [7, 11) is 1.65. The van der Waals surface area contributed by atoms with Gasteiger partial charge in [0, 0.05) is 13.2 Å². The molecule has 1 fully saturated rings. The fraction of sp³-hybridized carbons (Fsp3) is 0.462. The topological polar surface area (TPSA) is 27.1 Å². The molecule has 102 valence electrons. The molecule has 19 heavy (non-hydrogen) atoms. The zero-order chi connectivity index (χ0) is 13.6. The maximum absolute atomic E-state index is 14.0. The minimum absolute atomic E-state index is 0.0694. The van der Waals surface area contributed by atoms with Gasteiger partial charge in [-0.15, -0.1) is 11.6 Å². The lowest BCUT2D eigenvalue weighted by Gasteiger charge is -2.36. The Morgan fingerprint density at radius 2 is 2.16 bits per heavy atom. The van der Waals surface area contributed by atoms with E-state index in [9.17, 15) is 8.78 Å². The van der Waals surface area contributed by atoms with Crippen LogP contribution in [0.5, 0.6) is 0 Å². The molecule has 0 aliphatic heterocycles. The van der Waals surface area contributed by atoms with Gasteiger partial charge in [-0.1, -0.05) is 0 Å². The third-order valence-corrected chi connectivity index (χ3v) is 3.94. The number of hydrogen-bond donors (Lipinski definition) is 0. The van der Waals surface area contributed by atoms with Crippen LogP contribution in [0.3, 0.4) is 0 Å². The van der Waals surface area contributed by atoms with E-state index in [0.717, 1.165) is 18.9 Å². The number of rotatable bonds is 3. The highest BCUT2D eigenvalue weighted by molar-refractivity contribution is 6.16. The largest absolute Gasteiger partial charge is 0.381 e. The Balaban J connectivity index is 2.13. The first kappa shape index (κ1) is 12.8. The molecule has 1 aromatic heterocycles. The summed E-state index contributed by atoms with van der Waals surface area (Å²) in [6.07, 6.45) is 1.70. The number of alkyl halides is 1. The zero-order valence-electron chi connectivity index (χ0n) is 10.4. The van der Waals surface area contributed by atoms with Crippen molar-refractivity contribution in [3.05, 3.63) is 29.6 Å². The molecule has 6 heteroatoms. The van der Waals surface area contributed by atoms with Crippen molar-refractivity contribution in [2.45, 2.75) is 30.9 Å². The second-order valence-electron chi connectivity index (χ2n) is 4.74. The van der Waals surface area contributed by atoms with Gasteiger partial charge in [-0.2, -0.15) is 0 Å². The minimum Gasteiger partial charge on any atom is -0.381 e. The highest BCUT2D eigenvalue weighted by Crippen LogP contribution is 2.38. The van der Waals surface area contributed by atoms with Gasteiger partial charge < -0.3 is 9.30 Å². The van der Waals surface area contributed by atoms with Crippen molar-refractivity contribution in [2.24, 2.45) is 0 Å². The molecular weight excluding hydrogens is 274 g/mol. The van der Waals surface area contributed by atoms with Gasteiger partial charge in [0.2, 0.25) is 0 Å². The second-order valence-corrected chi connectivity index (χ2v) is 5.01. The fourth-order valence-electron chi connectivity index (χ4n) is 2.60. The predicted molar refractivity (Wildman–Crippen MR) is 68.3 cm³/mol. The summed E-state index contributed by atoms with van der Waals surface area (Å²) < 4.78 is 34.3. The molecule has 1 heterocycles. The Labute approximate surface area is 114 Å². The van der Waals surface area contributed by atoms with E-state index in [-0.39, 0.29) is 23.5 Å². The van der Waals surface area contributed by atoms with Gasteiger partial charge in [0.25, 0.3) is 0 Å². The number of benzene rings is 1. The monoisotopic (exact) mass is 286 g/mol. The number of nitrogens with zero attached hydrogens (tertiary/aromatic N) is 2. The maximum Gasteiger partial charge on any atom is 0.184 e. The van der Waals surface area contributed by atoms with Gasteiger partial charge in [-0.25, -0.2) is 13.8 Å². The standard InChI is InChI=1S/C13H13ClF2N2O/c1-19-8-4-7(5-8)18-11(6-14)17-10-3-2-9(15)12(16)13(10)18/h2-3,7-8H,4-6H2,1H3. The van der Waals surface area contributed by atoms with Crippen LogP contribution in [-0.2, 0) is 10.6 Å². The molecule has 1 saturated carbocycles. The molecule has 0 N–H and O–H groups in total. The molecule has 1 aliphatic carbocycles. The number of hydrogen-bond acceptors (Lipinski definition) is 2. The van der Waals surface area contributed by atoms with E-state index < -0.39 is 11.6 Å². The van der Waals surface area contributed by atoms with Crippen LogP contribution in [0.4, 0.5) is 8.78 Å². The van der Waals surface area contributed by atoms with E-state index in [1.54, 1.807) is 11.7 Å². The van der Waals surface area contributed by atoms with Gasteiger partial charge in [0.15, 0.2) is 11.6 Å². The highest BCUT2D eigenvalue weighted by atomic mass is 35.5. The molecule has 3 nitrogen and oxygen atoms in total. The summed E-state index contributed by atoms with van der Waals surface area (Å²) in [4.78, 5) is 4.27. The molecule has 3 rings (SSSR count). The third kappa shape index (κ3) is 1.92. The van der Waals surface area contributed by atoms with E-state index in [0.29, 0.717) is 11.3 Å². The van der Waals surface area contributed by atoms with E-state index in [2.05, 4.69) is 4.98 Å². The number of imidazole rings is 1. The molecule has 0 spiro atoms. The van der Waals surface area contributed by atoms with Gasteiger partial charge in [-0.3, -0.25) is 0 Å². The lowest BCUT2D eigenvalue weighted by molar-refractivity contribution is 0.00661. The Bertz CT molecular complexity index is 623. The maximum atomic E-state index is 14.0. The summed E-state index contributed by atoms with van der Waals surface area (Å²) in [5.74, 6) is -0.982. The Morgan fingerprint density at radius 1 is 1.42 bits per heavy atom. The number of halogens is 3. The number of ether oxygens (including phenoxy) is 1. The lowest BCUT2D eigenvalue weighted by Crippen LogP contribution is -2.33. The summed E-state index contributed by atoms with van der Waals surface area (Å²) in [6, 6.07) is 2.64. The van der Waals surface area contributed by atoms with Crippen LogP contribution >= 0.6 is 11.6 Å². The van der Waals surface area contributed by atoms with E-state index >= 15 is 0 Å². The molecular formula is C13H13ClF2N2O. The smallest absolute Gasteiger partial charge is 0.184 e. The van der Waals surface area contributed by atoms with Crippen molar-refractivity contribution in [3.8, 4) is 0 Å². The first-order valence-electron chi connectivity index (χ1n) is 6.09. The summed E-state index contributed by atoms with van der Waals surface area (Å²) in [5, 5.41) is 0. The number of fused-ring (bicyclic) bond motifs is 1. The molecule has 0 atom stereocenters. The van der Waals surface area contributed by atoms with Crippen molar-refractivity contribution >= 4 is 22.6 Å². The molecule has 2 aromatic rings. The Hall–Kier alpha value is -1.20. The van der Waals surface area contributed by atoms with Crippen molar-refractivity contribution in [1.82, 2.24) is 9.55 Å². The van der Waals surface area contributed by atoms with Crippen molar-refractivity contribution in [3.63, 3.8) is 0 Å². The first-order valence-corrected chi connectivity index (χ1v) is 6.62. The average molecular weight is 287 g/mol. The van der Waals surface area contributed by atoms with Crippen LogP contribution in [0.2, 0.25) is 0 Å². The molecule has 0 unspecified atom stereocenters. The molecule has 0 saturated heterocycles. The normalized spacial score (nSPS) is 22.7. The van der Waals surface area contributed by atoms with Gasteiger partial charge in [0.1, 0.15) is 11.3 Å². The van der Waals surface area contributed by atoms with Crippen LogP contribution in [0.25, 0.3) is 11.0 Å². The van der Waals surface area contributed by atoms with E-state index in [1.807, 2.05) is 0 Å². The second kappa shape index (κ2) is 4.72. The van der Waals surface area contributed by atoms with Gasteiger partial charge in [0.05, 0.1) is 17.5 Å². The predicted octanol–water partition coefficient (Wildman–Crippen LogP) is 3.40. The van der Waals surface area contributed by atoms with Crippen LogP contribution in [0, 0.1) is 11.6 Å². The molecule has 0 amide bonds. The van der Waals surface area contributed by atoms with Crippen LogP contribution < -0.4 is 0 Å². The fourth-order valence-corrected chi connectivity index (χ4v) is 2.79. The van der Waals surface area contributed by atoms with Crippen molar-refractivity contribution in [1.29, 1.82) is 0 Å². The number of methoxy groups -OCH3 is 1. The van der Waals surface area contributed by atoms with E-state index in [1.165, 1.54) is 6.07 Å². The lowest BCUT2D eigenvalue weighted by atomic mass is 9.88. The van der Waals surface area contributed by atoms with Crippen LogP contribution in [0.1, 0.15) is 24.7 Å². The highest BCUT2D eigenvalue weighted by Gasteiger charge is 2.34. The minimum atomic E-state index is -0.864. The Morgan fingerprint density at radius 3 is 2.79 bits per heavy atom. The summed E-state index contributed by atoms with van der Waals surface area (Å²) in [6.45, 7) is 0. The Kier molecular flexibility index (Phi) is 3.19. The van der Waals surface area contributed by atoms with Gasteiger partial charge in [-0.05, 0) is 25.0 Å². The quantitative estimate of drug-likeness (QED) is 0.809. The first-order chi connectivity index (χ1) is 9.15. The average Bonchev–Trinajstić information content (AvgIpc) is 2.72. The van der Waals surface area contributed by atoms with Crippen molar-refractivity contribution < 1.29 is 13.5 Å². The third-order valence-electron chi connectivity index (χ3n) is 3.70. The molecule has 1 aromatic carbocycles. The summed E-state index contributed by atoms with van der Waals surface area (Å²) in [5.41, 5.74) is 0.644. The van der Waals surface area contributed by atoms with Crippen molar-refractivity contribution in [2.75, 3.05) is 7.11 Å². The van der Waals surface area contributed by atoms with Crippen LogP contribution in [0.15, 0.2) is 12.1 Å². The SMILES string of the molecule is COC1CC(n2c(CCl)nc3ccc(F)c(F)c32)C1. The van der Waals surface area contributed by atoms with Gasteiger partial charge >= 0.3 is 0 Å². The molecule has 0 radical (unpaired) electrons. The zero-order valence-corrected chi connectivity index (χ0v) is 11.1. The number of aromatic nitrogens is 2. The molecule has 0 bridgehead atoms. The van der Waals surface area contributed by atoms with E-state index in [4.69, 9.17) is 16.3 Å². The summed E-state index contributed by atoms with van der Waals surface area (Å²) >= 11 is 5.86. The van der Waals surface area contributed by atoms with Crippen LogP contribution in [-0.4, -0.2) is 22.8 Å².